The van der Waals surface area contributed by atoms with E-state index in [1.807, 2.05) is 0 Å². The highest BCUT2D eigenvalue weighted by Gasteiger charge is 2.14. The van der Waals surface area contributed by atoms with Crippen molar-refractivity contribution in [2.24, 2.45) is 0 Å². The van der Waals surface area contributed by atoms with Gasteiger partial charge in [-0.1, -0.05) is 0 Å². The van der Waals surface area contributed by atoms with E-state index < -0.39 is 26.3 Å². The van der Waals surface area contributed by atoms with E-state index in [2.05, 4.69) is 9.82 Å². The van der Waals surface area contributed by atoms with Gasteiger partial charge in [0, 0.05) is 0 Å². The van der Waals surface area contributed by atoms with Crippen molar-refractivity contribution in [3.63, 3.8) is 0 Å². The summed E-state index contributed by atoms with van der Waals surface area (Å²) in [6.07, 6.45) is -0.436. The molecule has 6 heteroatoms. The number of carbonyl (C=O) groups is 1. The van der Waals surface area contributed by atoms with Gasteiger partial charge in [0.1, 0.15) is 12.4 Å². The van der Waals surface area contributed by atoms with Crippen LogP contribution in [0.3, 0.4) is 0 Å². The lowest BCUT2D eigenvalue weighted by Crippen LogP contribution is -2.31. The molecule has 0 bridgehead atoms. The van der Waals surface area contributed by atoms with Crippen molar-refractivity contribution in [1.29, 1.82) is 0 Å². The van der Waals surface area contributed by atoms with Crippen molar-refractivity contribution in [2.75, 3.05) is 13.0 Å². The fourth-order valence-electron chi connectivity index (χ4n) is 0.613. The lowest BCUT2D eigenvalue weighted by molar-refractivity contribution is -0.144. The second-order valence-corrected chi connectivity index (χ2v) is 3.65. The maximum atomic E-state index is 10.9. The number of hydrogen-bond acceptors (Lipinski definition) is 4. The van der Waals surface area contributed by atoms with Gasteiger partial charge in [-0.05, 0) is 13.8 Å². The van der Waals surface area contributed by atoms with E-state index in [0.717, 1.165) is 0 Å². The van der Waals surface area contributed by atoms with E-state index in [-0.39, 0.29) is 0 Å². The van der Waals surface area contributed by atoms with Gasteiger partial charge in [-0.2, -0.15) is 0 Å². The SMILES string of the molecule is CCOC(=O)[C@H](C)N[PH](=O)CO. The molecule has 0 aliphatic rings. The number of aliphatic hydroxyl groups is 1. The molecule has 0 spiro atoms. The average molecular weight is 195 g/mol. The highest BCUT2D eigenvalue weighted by atomic mass is 31.1. The molecule has 12 heavy (non-hydrogen) atoms. The van der Waals surface area contributed by atoms with Crippen LogP contribution in [0.4, 0.5) is 0 Å². The molecule has 0 radical (unpaired) electrons. The molecule has 2 atom stereocenters. The highest BCUT2D eigenvalue weighted by Crippen LogP contribution is 2.12. The summed E-state index contributed by atoms with van der Waals surface area (Å²) in [5.41, 5.74) is 0. The van der Waals surface area contributed by atoms with Crippen molar-refractivity contribution >= 4 is 13.9 Å². The molecule has 5 nitrogen and oxygen atoms in total. The molecule has 0 aromatic rings. The van der Waals surface area contributed by atoms with Crippen LogP contribution in [0, 0.1) is 0 Å². The van der Waals surface area contributed by atoms with E-state index in [1.165, 1.54) is 6.92 Å². The second-order valence-electron chi connectivity index (χ2n) is 2.20. The predicted octanol–water partition coefficient (Wildman–Crippen LogP) is -0.0479. The molecule has 2 N–H and O–H groups in total. The first-order valence-electron chi connectivity index (χ1n) is 3.68. The Morgan fingerprint density at radius 1 is 1.75 bits per heavy atom. The maximum Gasteiger partial charge on any atom is 0.323 e. The number of ether oxygens (including phenoxy) is 1. The molecule has 0 amide bonds. The molecule has 72 valence electrons. The Balaban J connectivity index is 3.78. The van der Waals surface area contributed by atoms with Gasteiger partial charge in [0.15, 0.2) is 7.95 Å². The Bertz CT molecular complexity index is 173. The Morgan fingerprint density at radius 3 is 2.75 bits per heavy atom. The summed E-state index contributed by atoms with van der Waals surface area (Å²) in [5, 5.41) is 10.8. The largest absolute Gasteiger partial charge is 0.465 e. The molecular formula is C6H14NO4P. The van der Waals surface area contributed by atoms with Gasteiger partial charge in [-0.3, -0.25) is 9.88 Å². The van der Waals surface area contributed by atoms with Gasteiger partial charge < -0.3 is 14.4 Å². The summed E-state index contributed by atoms with van der Waals surface area (Å²) in [7, 11) is -2.24. The third-order valence-corrected chi connectivity index (χ3v) is 2.20. The summed E-state index contributed by atoms with van der Waals surface area (Å²) in [4.78, 5) is 10.9. The number of rotatable bonds is 5. The van der Waals surface area contributed by atoms with Gasteiger partial charge in [0.05, 0.1) is 6.61 Å². The standard InChI is InChI=1S/C6H14NO4P/c1-3-11-6(9)5(2)7-12(10)4-8/h5,8,12H,3-4H2,1-2H3,(H,7,10)/t5-/m0/s1. The highest BCUT2D eigenvalue weighted by molar-refractivity contribution is 7.42. The van der Waals surface area contributed by atoms with Crippen molar-refractivity contribution in [2.45, 2.75) is 19.9 Å². The Morgan fingerprint density at radius 2 is 2.33 bits per heavy atom. The first-order valence-corrected chi connectivity index (χ1v) is 5.30. The molecule has 0 aromatic heterocycles. The van der Waals surface area contributed by atoms with E-state index in [4.69, 9.17) is 5.11 Å². The minimum absolute atomic E-state index is 0.297. The van der Waals surface area contributed by atoms with E-state index in [0.29, 0.717) is 6.61 Å². The summed E-state index contributed by atoms with van der Waals surface area (Å²) in [6, 6.07) is -0.622. The molecule has 0 fully saturated rings. The lowest BCUT2D eigenvalue weighted by Gasteiger charge is -2.10. The zero-order valence-corrected chi connectivity index (χ0v) is 8.16. The van der Waals surface area contributed by atoms with Crippen LogP contribution in [0.5, 0.6) is 0 Å². The van der Waals surface area contributed by atoms with Crippen LogP contribution in [-0.2, 0) is 14.1 Å². The zero-order chi connectivity index (χ0) is 9.56. The zero-order valence-electron chi connectivity index (χ0n) is 7.16. The van der Waals surface area contributed by atoms with Gasteiger partial charge in [-0.15, -0.1) is 0 Å². The minimum Gasteiger partial charge on any atom is -0.465 e. The smallest absolute Gasteiger partial charge is 0.323 e. The molecule has 0 saturated heterocycles. The van der Waals surface area contributed by atoms with E-state index in [1.54, 1.807) is 6.92 Å². The first-order chi connectivity index (χ1) is 5.61. The monoisotopic (exact) mass is 195 g/mol. The van der Waals surface area contributed by atoms with Gasteiger partial charge >= 0.3 is 5.97 Å². The van der Waals surface area contributed by atoms with Crippen LogP contribution >= 0.6 is 7.95 Å². The maximum absolute atomic E-state index is 10.9. The summed E-state index contributed by atoms with van der Waals surface area (Å²) < 4.78 is 15.4. The Kier molecular flexibility index (Phi) is 5.98. The molecule has 0 heterocycles. The third-order valence-electron chi connectivity index (χ3n) is 1.16. The summed E-state index contributed by atoms with van der Waals surface area (Å²) in [5.74, 6) is -0.454. The van der Waals surface area contributed by atoms with Crippen LogP contribution in [0.1, 0.15) is 13.8 Å². The normalized spacial score (nSPS) is 15.2. The second kappa shape index (κ2) is 6.17. The van der Waals surface area contributed by atoms with Crippen molar-refractivity contribution in [3.8, 4) is 0 Å². The number of aliphatic hydroxyl groups excluding tert-OH is 1. The number of nitrogens with one attached hydrogen (secondary N) is 1. The van der Waals surface area contributed by atoms with Crippen LogP contribution in [-0.4, -0.2) is 30.1 Å². The average Bonchev–Trinajstić information content (AvgIpc) is 2.04. The van der Waals surface area contributed by atoms with Gasteiger partial charge in [-0.25, -0.2) is 0 Å². The molecule has 0 aromatic carbocycles. The lowest BCUT2D eigenvalue weighted by atomic mass is 10.4. The Hall–Kier alpha value is -0.380. The molecule has 0 rings (SSSR count). The van der Waals surface area contributed by atoms with Crippen LogP contribution in [0.15, 0.2) is 0 Å². The molecule has 1 unspecified atom stereocenters. The Labute approximate surface area is 71.9 Å². The quantitative estimate of drug-likeness (QED) is 0.475. The van der Waals surface area contributed by atoms with E-state index in [9.17, 15) is 9.36 Å². The molecular weight excluding hydrogens is 181 g/mol. The van der Waals surface area contributed by atoms with Crippen molar-refractivity contribution in [3.05, 3.63) is 0 Å². The van der Waals surface area contributed by atoms with Gasteiger partial charge in [0.25, 0.3) is 0 Å². The minimum atomic E-state index is -2.24. The molecule has 0 saturated carbocycles. The summed E-state index contributed by atoms with van der Waals surface area (Å²) >= 11 is 0. The summed E-state index contributed by atoms with van der Waals surface area (Å²) in [6.45, 7) is 3.53. The fourth-order valence-corrected chi connectivity index (χ4v) is 1.31. The van der Waals surface area contributed by atoms with Crippen LogP contribution in [0.2, 0.25) is 0 Å². The van der Waals surface area contributed by atoms with Crippen molar-refractivity contribution < 1.29 is 19.2 Å². The fraction of sp³-hybridized carbons (Fsp3) is 0.833. The third kappa shape index (κ3) is 4.49. The first kappa shape index (κ1) is 11.6. The van der Waals surface area contributed by atoms with E-state index >= 15 is 0 Å². The number of esters is 1. The van der Waals surface area contributed by atoms with Crippen LogP contribution in [0.25, 0.3) is 0 Å². The number of hydrogen-bond donors (Lipinski definition) is 2. The topological polar surface area (TPSA) is 75.6 Å². The number of carbonyl (C=O) groups excluding carboxylic acids is 1. The van der Waals surface area contributed by atoms with Gasteiger partial charge in [0.2, 0.25) is 0 Å². The van der Waals surface area contributed by atoms with Crippen LogP contribution < -0.4 is 5.09 Å². The molecule has 0 aliphatic carbocycles. The predicted molar refractivity (Wildman–Crippen MR) is 45.3 cm³/mol. The molecule has 0 aliphatic heterocycles. The van der Waals surface area contributed by atoms with Crippen molar-refractivity contribution in [1.82, 2.24) is 5.09 Å².